The molecule has 0 unspecified atom stereocenters. The number of unbranched alkanes of at least 4 members (excludes halogenated alkanes) is 7. The number of carbonyl (C=O) groups is 13. The quantitative estimate of drug-likeness (QED) is 0.0153. The zero-order valence-electron chi connectivity index (χ0n) is 53.4. The molecule has 0 aliphatic carbocycles. The van der Waals surface area contributed by atoms with Crippen molar-refractivity contribution in [2.45, 2.75) is 210 Å². The summed E-state index contributed by atoms with van der Waals surface area (Å²) < 4.78 is 0. The summed E-state index contributed by atoms with van der Waals surface area (Å²) in [4.78, 5) is 174. The second-order valence-corrected chi connectivity index (χ2v) is 23.1. The van der Waals surface area contributed by atoms with E-state index in [4.69, 9.17) is 34.4 Å². The van der Waals surface area contributed by atoms with Gasteiger partial charge in [-0.05, 0) is 104 Å². The van der Waals surface area contributed by atoms with Gasteiger partial charge in [-0.15, -0.1) is 0 Å². The van der Waals surface area contributed by atoms with Crippen molar-refractivity contribution in [2.24, 2.45) is 39.4 Å². The van der Waals surface area contributed by atoms with Gasteiger partial charge in [0.25, 0.3) is 0 Å². The number of aliphatic imine (C=N–C) groups is 1. The molecular weight excluding hydrogens is 1230 g/mol. The van der Waals surface area contributed by atoms with Crippen LogP contribution in [0.2, 0.25) is 0 Å². The molecule has 0 rings (SSSR count). The highest BCUT2D eigenvalue weighted by Gasteiger charge is 2.36. The Bertz CT molecular complexity index is 2370. The van der Waals surface area contributed by atoms with E-state index in [-0.39, 0.29) is 74.9 Å². The summed E-state index contributed by atoms with van der Waals surface area (Å²) in [7, 11) is 0. The molecule has 0 radical (unpaired) electrons. The highest BCUT2D eigenvalue weighted by molar-refractivity contribution is 7.99. The summed E-state index contributed by atoms with van der Waals surface area (Å²) in [6.45, 7) is 4.08. The third kappa shape index (κ3) is 38.4. The van der Waals surface area contributed by atoms with E-state index in [2.05, 4.69) is 70.4 Å². The lowest BCUT2D eigenvalue weighted by Gasteiger charge is -2.28. The first-order chi connectivity index (χ1) is 43.5. The molecule has 526 valence electrons. The van der Waals surface area contributed by atoms with E-state index in [1.165, 1.54) is 6.92 Å². The molecule has 0 aromatic carbocycles. The van der Waals surface area contributed by atoms with Crippen LogP contribution in [0.25, 0.3) is 0 Å². The molecular formula is C56H104N18O17S. The van der Waals surface area contributed by atoms with E-state index in [1.54, 1.807) is 0 Å². The first-order valence-electron chi connectivity index (χ1n) is 31.0. The topological polar surface area (TPSA) is 604 Å². The fraction of sp³-hybridized carbons (Fsp3) is 0.750. The van der Waals surface area contributed by atoms with Crippen molar-refractivity contribution in [2.75, 3.05) is 57.4 Å². The number of carboxylic acid groups (broad SMARTS) is 1. The lowest BCUT2D eigenvalue weighted by molar-refractivity contribution is -0.142. The maximum Gasteiger partial charge on any atom is 0.326 e. The molecule has 92 heavy (non-hydrogen) atoms. The van der Waals surface area contributed by atoms with Crippen LogP contribution >= 0.6 is 11.8 Å². The number of primary amides is 1. The van der Waals surface area contributed by atoms with Crippen LogP contribution in [0.15, 0.2) is 4.99 Å². The molecule has 0 saturated carbocycles. The van der Waals surface area contributed by atoms with E-state index in [0.29, 0.717) is 51.7 Å². The Hall–Kier alpha value is -7.51. The number of rotatable bonds is 52. The molecule has 0 fully saturated rings. The van der Waals surface area contributed by atoms with E-state index >= 15 is 0 Å². The number of hydrogen-bond donors (Lipinski definition) is 21. The molecule has 0 spiro atoms. The normalized spacial score (nSPS) is 14.6. The fourth-order valence-electron chi connectivity index (χ4n) is 8.42. The molecule has 0 aromatic heterocycles. The van der Waals surface area contributed by atoms with Gasteiger partial charge in [0.15, 0.2) is 5.96 Å². The summed E-state index contributed by atoms with van der Waals surface area (Å²) in [6.07, 6.45) is 4.74. The monoisotopic (exact) mass is 1330 g/mol. The van der Waals surface area contributed by atoms with E-state index in [9.17, 15) is 82.8 Å². The van der Waals surface area contributed by atoms with Crippen molar-refractivity contribution in [1.29, 1.82) is 0 Å². The summed E-state index contributed by atoms with van der Waals surface area (Å²) in [5.41, 5.74) is 33.3. The molecule has 0 saturated heterocycles. The van der Waals surface area contributed by atoms with E-state index in [0.717, 1.165) is 64.1 Å². The van der Waals surface area contributed by atoms with Crippen LogP contribution in [0.5, 0.6) is 0 Å². The molecule has 0 bridgehead atoms. The highest BCUT2D eigenvalue weighted by atomic mass is 32.2. The molecule has 0 aliphatic rings. The minimum absolute atomic E-state index is 0.0313. The first kappa shape index (κ1) is 84.5. The second-order valence-electron chi connectivity index (χ2n) is 22.0. The zero-order chi connectivity index (χ0) is 69.7. The van der Waals surface area contributed by atoms with Crippen molar-refractivity contribution in [3.8, 4) is 0 Å². The van der Waals surface area contributed by atoms with Gasteiger partial charge in [0.2, 0.25) is 70.9 Å². The van der Waals surface area contributed by atoms with Gasteiger partial charge in [0.1, 0.15) is 48.3 Å². The Labute approximate surface area is 540 Å². The van der Waals surface area contributed by atoms with Crippen LogP contribution in [-0.2, 0) is 62.3 Å². The van der Waals surface area contributed by atoms with Gasteiger partial charge in [-0.2, -0.15) is 11.8 Å². The summed E-state index contributed by atoms with van der Waals surface area (Å²) >= 11 is 1.11. The number of amides is 12. The number of nitrogens with one attached hydrogen (secondary N) is 11. The lowest BCUT2D eigenvalue weighted by atomic mass is 10.1. The minimum Gasteiger partial charge on any atom is -0.480 e. The Morgan fingerprint density at radius 3 is 1.59 bits per heavy atom. The number of aliphatic hydroxyl groups excluding tert-OH is 3. The van der Waals surface area contributed by atoms with Crippen LogP contribution < -0.4 is 92.9 Å². The Morgan fingerprint density at radius 1 is 0.478 bits per heavy atom. The largest absolute Gasteiger partial charge is 0.480 e. The van der Waals surface area contributed by atoms with Crippen molar-refractivity contribution < 1.29 is 82.8 Å². The molecule has 0 aromatic rings. The number of nitrogens with two attached hydrogens (primary N) is 6. The SMILES string of the molecule is CCCCCCCCNC(=O)CCCSC[C@H](NC(=O)[C@H](CCCN=C(N)N)NC(=O)[C@H](C)NC(=O)[C@@H](NC(=O)[C@H](CCC(N)=O)NC(=O)[C@@H](N)CCCCN)[C@@H](C)O)C(=O)N[C@@H](CO)C(=O)N[C@H](C(=O)NCC(=O)NCC(=O)N[C@@H](CCCCN)C(=O)O)[C@@H](C)O. The molecule has 27 N–H and O–H groups in total. The van der Waals surface area contributed by atoms with Crippen LogP contribution in [0, 0.1) is 0 Å². The van der Waals surface area contributed by atoms with E-state index in [1.807, 2.05) is 0 Å². The molecule has 11 atom stereocenters. The predicted molar refractivity (Wildman–Crippen MR) is 340 cm³/mol. The predicted octanol–water partition coefficient (Wildman–Crippen LogP) is -7.15. The second kappa shape index (κ2) is 49.2. The number of thioether (sulfide) groups is 1. The number of aliphatic hydroxyl groups is 3. The average Bonchev–Trinajstić information content (AvgIpc) is 1.03. The van der Waals surface area contributed by atoms with Crippen LogP contribution in [0.3, 0.4) is 0 Å². The van der Waals surface area contributed by atoms with Gasteiger partial charge in [-0.3, -0.25) is 62.5 Å². The molecule has 35 nitrogen and oxygen atoms in total. The maximum atomic E-state index is 14.3. The molecule has 12 amide bonds. The number of carbonyl (C=O) groups excluding carboxylic acids is 12. The fourth-order valence-corrected chi connectivity index (χ4v) is 9.41. The zero-order valence-corrected chi connectivity index (χ0v) is 54.2. The molecule has 0 aliphatic heterocycles. The Balaban J connectivity index is 6.60. The third-order valence-corrected chi connectivity index (χ3v) is 14.9. The molecule has 36 heteroatoms. The van der Waals surface area contributed by atoms with Gasteiger partial charge < -0.3 is 113 Å². The number of aliphatic carboxylic acids is 1. The van der Waals surface area contributed by atoms with Crippen molar-refractivity contribution in [3.63, 3.8) is 0 Å². The lowest BCUT2D eigenvalue weighted by Crippen LogP contribution is -2.62. The van der Waals surface area contributed by atoms with Crippen molar-refractivity contribution in [3.05, 3.63) is 0 Å². The third-order valence-electron chi connectivity index (χ3n) is 13.8. The Kier molecular flexibility index (Phi) is 45.2. The van der Waals surface area contributed by atoms with Gasteiger partial charge in [0.05, 0.1) is 37.9 Å². The van der Waals surface area contributed by atoms with Gasteiger partial charge >= 0.3 is 5.97 Å². The minimum atomic E-state index is -1.87. The number of nitrogens with zero attached hydrogens (tertiary/aromatic N) is 1. The van der Waals surface area contributed by atoms with Crippen LogP contribution in [-0.4, -0.2) is 227 Å². The van der Waals surface area contributed by atoms with Crippen molar-refractivity contribution >= 4 is 94.6 Å². The number of guanidine groups is 1. The van der Waals surface area contributed by atoms with Gasteiger partial charge in [-0.1, -0.05) is 45.4 Å². The maximum absolute atomic E-state index is 14.3. The van der Waals surface area contributed by atoms with Gasteiger partial charge in [0, 0.05) is 31.7 Å². The van der Waals surface area contributed by atoms with Crippen molar-refractivity contribution in [1.82, 2.24) is 58.5 Å². The first-order valence-corrected chi connectivity index (χ1v) is 32.2. The standard InChI is InChI=1S/C56H104N18O17S/c1-5-6-7-8-9-14-25-63-42(79)20-16-27-92-31-40(52(87)71-39(30-75)51(86)73-45(33(3)76)53(88)66-28-43(80)65-29-44(81)68-38(55(90)91)18-11-13-24-58)72-49(84)36(19-15-26-64-56(61)62)69-47(82)32(2)67-54(89)46(34(4)77)74-50(85)37(21-22-41(60)78)70-48(83)35(59)17-10-12-23-57/h32-40,45-46,75-77H,5-31,57-59H2,1-4H3,(H2,60,78)(H,63,79)(H,65,80)(H,66,88)(H,67,89)(H,68,81)(H,69,82)(H,70,83)(H,71,87)(H,72,84)(H,73,86)(H,74,85)(H,90,91)(H4,61,62,64)/t32-,33+,34+,35-,36-,37-,38-,39-,40-,45-,46-/m0/s1. The summed E-state index contributed by atoms with van der Waals surface area (Å²) in [5, 5.41) is 67.1. The Morgan fingerprint density at radius 2 is 1.00 bits per heavy atom. The van der Waals surface area contributed by atoms with Crippen LogP contribution in [0.1, 0.15) is 143 Å². The van der Waals surface area contributed by atoms with Crippen LogP contribution in [0.4, 0.5) is 0 Å². The van der Waals surface area contributed by atoms with Gasteiger partial charge in [-0.25, -0.2) is 4.79 Å². The number of carboxylic acids is 1. The smallest absolute Gasteiger partial charge is 0.326 e. The average molecular weight is 1330 g/mol. The highest BCUT2D eigenvalue weighted by Crippen LogP contribution is 2.12. The van der Waals surface area contributed by atoms with E-state index < -0.39 is 157 Å². The number of hydrogen-bond acceptors (Lipinski definition) is 21. The molecule has 0 heterocycles. The summed E-state index contributed by atoms with van der Waals surface area (Å²) in [5.74, 6) is -12.7. The summed E-state index contributed by atoms with van der Waals surface area (Å²) in [6, 6.07) is -13.9.